The number of rotatable bonds is 6. The van der Waals surface area contributed by atoms with Crippen LogP contribution < -0.4 is 5.32 Å². The lowest BCUT2D eigenvalue weighted by atomic mass is 10.1. The predicted octanol–water partition coefficient (Wildman–Crippen LogP) is -0.210. The molecule has 0 unspecified atom stereocenters. The van der Waals surface area contributed by atoms with Gasteiger partial charge in [-0.2, -0.15) is 0 Å². The summed E-state index contributed by atoms with van der Waals surface area (Å²) in [6, 6.07) is 5.85. The number of hydrogen-bond donors (Lipinski definition) is 5. The van der Waals surface area contributed by atoms with E-state index in [0.717, 1.165) is 16.8 Å². The SMILES string of the molecule is Cc1ccc(NC[C@H](O)[C@H](O)[C@H](O)CO)c(C)c1. The lowest BCUT2D eigenvalue weighted by molar-refractivity contribution is -0.0715. The van der Waals surface area contributed by atoms with Gasteiger partial charge in [0, 0.05) is 12.2 Å². The molecule has 0 aromatic heterocycles. The summed E-state index contributed by atoms with van der Waals surface area (Å²) in [4.78, 5) is 0. The zero-order chi connectivity index (χ0) is 13.7. The number of hydrogen-bond acceptors (Lipinski definition) is 5. The zero-order valence-corrected chi connectivity index (χ0v) is 10.7. The van der Waals surface area contributed by atoms with Crippen molar-refractivity contribution in [2.75, 3.05) is 18.5 Å². The second-order valence-electron chi connectivity index (χ2n) is 4.51. The van der Waals surface area contributed by atoms with Gasteiger partial charge in [0.25, 0.3) is 0 Å². The highest BCUT2D eigenvalue weighted by Crippen LogP contribution is 2.16. The molecule has 0 saturated carbocycles. The number of benzene rings is 1. The molecular formula is C13H21NO4. The van der Waals surface area contributed by atoms with Crippen LogP contribution in [-0.2, 0) is 0 Å². The molecule has 102 valence electrons. The molecule has 0 heterocycles. The van der Waals surface area contributed by atoms with E-state index in [0.29, 0.717) is 0 Å². The van der Waals surface area contributed by atoms with E-state index in [9.17, 15) is 15.3 Å². The van der Waals surface area contributed by atoms with Crippen molar-refractivity contribution in [2.45, 2.75) is 32.2 Å². The van der Waals surface area contributed by atoms with Gasteiger partial charge in [0.2, 0.25) is 0 Å². The van der Waals surface area contributed by atoms with Crippen molar-refractivity contribution >= 4 is 5.69 Å². The standard InChI is InChI=1S/C13H21NO4/c1-8-3-4-10(9(2)5-8)14-6-11(16)13(18)12(17)7-15/h3-5,11-18H,6-7H2,1-2H3/t11-,12+,13-/m0/s1. The fraction of sp³-hybridized carbons (Fsp3) is 0.538. The van der Waals surface area contributed by atoms with Gasteiger partial charge >= 0.3 is 0 Å². The predicted molar refractivity (Wildman–Crippen MR) is 69.5 cm³/mol. The van der Waals surface area contributed by atoms with Crippen LogP contribution in [0.15, 0.2) is 18.2 Å². The molecule has 1 aromatic rings. The van der Waals surface area contributed by atoms with E-state index in [1.807, 2.05) is 32.0 Å². The smallest absolute Gasteiger partial charge is 0.110 e. The number of aliphatic hydroxyl groups excluding tert-OH is 4. The van der Waals surface area contributed by atoms with Crippen LogP contribution in [0.5, 0.6) is 0 Å². The van der Waals surface area contributed by atoms with Crippen molar-refractivity contribution in [3.8, 4) is 0 Å². The summed E-state index contributed by atoms with van der Waals surface area (Å²) in [5, 5.41) is 40.0. The van der Waals surface area contributed by atoms with E-state index >= 15 is 0 Å². The summed E-state index contributed by atoms with van der Waals surface area (Å²) in [7, 11) is 0. The monoisotopic (exact) mass is 255 g/mol. The van der Waals surface area contributed by atoms with Crippen LogP contribution in [0, 0.1) is 13.8 Å². The average molecular weight is 255 g/mol. The summed E-state index contributed by atoms with van der Waals surface area (Å²) in [6.07, 6.45) is -3.85. The fourth-order valence-electron chi connectivity index (χ4n) is 1.71. The molecule has 1 rings (SSSR count). The van der Waals surface area contributed by atoms with Crippen molar-refractivity contribution in [1.82, 2.24) is 0 Å². The Kier molecular flexibility index (Phi) is 5.55. The van der Waals surface area contributed by atoms with Crippen LogP contribution in [0.3, 0.4) is 0 Å². The first kappa shape index (κ1) is 14.9. The minimum Gasteiger partial charge on any atom is -0.394 e. The topological polar surface area (TPSA) is 93.0 Å². The van der Waals surface area contributed by atoms with E-state index in [1.165, 1.54) is 0 Å². The van der Waals surface area contributed by atoms with Crippen molar-refractivity contribution < 1.29 is 20.4 Å². The summed E-state index contributed by atoms with van der Waals surface area (Å²) >= 11 is 0. The fourth-order valence-corrected chi connectivity index (χ4v) is 1.71. The third-order valence-corrected chi connectivity index (χ3v) is 2.86. The third-order valence-electron chi connectivity index (χ3n) is 2.86. The maximum Gasteiger partial charge on any atom is 0.110 e. The van der Waals surface area contributed by atoms with Gasteiger partial charge in [0.15, 0.2) is 0 Å². The van der Waals surface area contributed by atoms with Gasteiger partial charge in [-0.05, 0) is 25.5 Å². The Morgan fingerprint density at radius 3 is 2.33 bits per heavy atom. The molecule has 18 heavy (non-hydrogen) atoms. The van der Waals surface area contributed by atoms with Crippen LogP contribution >= 0.6 is 0 Å². The van der Waals surface area contributed by atoms with Crippen LogP contribution in [0.4, 0.5) is 5.69 Å². The van der Waals surface area contributed by atoms with Gasteiger partial charge in [-0.25, -0.2) is 0 Å². The lowest BCUT2D eigenvalue weighted by Crippen LogP contribution is -2.42. The number of anilines is 1. The number of nitrogens with one attached hydrogen (secondary N) is 1. The lowest BCUT2D eigenvalue weighted by Gasteiger charge is -2.22. The highest BCUT2D eigenvalue weighted by molar-refractivity contribution is 5.51. The molecule has 0 radical (unpaired) electrons. The molecule has 0 aliphatic rings. The largest absolute Gasteiger partial charge is 0.394 e. The molecule has 0 aliphatic heterocycles. The highest BCUT2D eigenvalue weighted by Gasteiger charge is 2.23. The normalized spacial score (nSPS) is 16.1. The highest BCUT2D eigenvalue weighted by atomic mass is 16.4. The van der Waals surface area contributed by atoms with Crippen LogP contribution in [0.25, 0.3) is 0 Å². The Balaban J connectivity index is 2.54. The first-order valence-corrected chi connectivity index (χ1v) is 5.92. The van der Waals surface area contributed by atoms with Crippen molar-refractivity contribution in [2.24, 2.45) is 0 Å². The average Bonchev–Trinajstić information content (AvgIpc) is 2.35. The van der Waals surface area contributed by atoms with Gasteiger partial charge in [0.1, 0.15) is 12.2 Å². The second kappa shape index (κ2) is 6.70. The van der Waals surface area contributed by atoms with Crippen LogP contribution in [0.2, 0.25) is 0 Å². The molecule has 0 saturated heterocycles. The summed E-state index contributed by atoms with van der Waals surface area (Å²) in [5.74, 6) is 0. The van der Waals surface area contributed by atoms with Crippen molar-refractivity contribution in [1.29, 1.82) is 0 Å². The van der Waals surface area contributed by atoms with Gasteiger partial charge in [0.05, 0.1) is 12.7 Å². The van der Waals surface area contributed by atoms with E-state index in [4.69, 9.17) is 5.11 Å². The van der Waals surface area contributed by atoms with Crippen LogP contribution in [0.1, 0.15) is 11.1 Å². The third kappa shape index (κ3) is 3.96. The first-order valence-electron chi connectivity index (χ1n) is 5.92. The quantitative estimate of drug-likeness (QED) is 0.485. The minimum atomic E-state index is -1.37. The number of aryl methyl sites for hydroxylation is 2. The molecule has 5 N–H and O–H groups in total. The van der Waals surface area contributed by atoms with Gasteiger partial charge in [-0.15, -0.1) is 0 Å². The Hall–Kier alpha value is -1.14. The van der Waals surface area contributed by atoms with Crippen molar-refractivity contribution in [3.05, 3.63) is 29.3 Å². The molecular weight excluding hydrogens is 234 g/mol. The molecule has 5 heteroatoms. The maximum atomic E-state index is 9.64. The molecule has 0 aliphatic carbocycles. The summed E-state index contributed by atoms with van der Waals surface area (Å²) < 4.78 is 0. The Bertz CT molecular complexity index is 383. The summed E-state index contributed by atoms with van der Waals surface area (Å²) in [6.45, 7) is 3.46. The minimum absolute atomic E-state index is 0.0993. The maximum absolute atomic E-state index is 9.64. The van der Waals surface area contributed by atoms with Gasteiger partial charge in [-0.1, -0.05) is 17.7 Å². The summed E-state index contributed by atoms with van der Waals surface area (Å²) in [5.41, 5.74) is 3.05. The Morgan fingerprint density at radius 1 is 1.11 bits per heavy atom. The molecule has 1 aromatic carbocycles. The Morgan fingerprint density at radius 2 is 1.78 bits per heavy atom. The van der Waals surface area contributed by atoms with E-state index < -0.39 is 24.9 Å². The van der Waals surface area contributed by atoms with Gasteiger partial charge < -0.3 is 25.7 Å². The molecule has 3 atom stereocenters. The van der Waals surface area contributed by atoms with Crippen molar-refractivity contribution in [3.63, 3.8) is 0 Å². The first-order chi connectivity index (χ1) is 8.45. The zero-order valence-electron chi connectivity index (χ0n) is 10.7. The molecule has 0 spiro atoms. The molecule has 0 fully saturated rings. The van der Waals surface area contributed by atoms with Gasteiger partial charge in [-0.3, -0.25) is 0 Å². The van der Waals surface area contributed by atoms with E-state index in [-0.39, 0.29) is 6.54 Å². The molecule has 5 nitrogen and oxygen atoms in total. The second-order valence-corrected chi connectivity index (χ2v) is 4.51. The van der Waals surface area contributed by atoms with Crippen LogP contribution in [-0.4, -0.2) is 51.9 Å². The molecule has 0 amide bonds. The number of aliphatic hydroxyl groups is 4. The van der Waals surface area contributed by atoms with E-state index in [2.05, 4.69) is 5.32 Å². The van der Waals surface area contributed by atoms with E-state index in [1.54, 1.807) is 0 Å². The Labute approximate surface area is 107 Å². The molecule has 0 bridgehead atoms.